The largest absolute Gasteiger partial charge is 0.389 e. The molecule has 1 aromatic rings. The quantitative estimate of drug-likeness (QED) is 0.861. The average Bonchev–Trinajstić information content (AvgIpc) is 2.51. The van der Waals surface area contributed by atoms with Crippen LogP contribution in [-0.2, 0) is 4.79 Å². The Morgan fingerprint density at radius 1 is 1.25 bits per heavy atom. The molecule has 1 N–H and O–H groups in total. The van der Waals surface area contributed by atoms with E-state index in [0.29, 0.717) is 13.0 Å². The number of anilines is 1. The second-order valence-electron chi connectivity index (χ2n) is 7.48. The molecule has 0 unspecified atom stereocenters. The van der Waals surface area contributed by atoms with Crippen LogP contribution in [0, 0.1) is 6.92 Å². The van der Waals surface area contributed by atoms with Crippen LogP contribution in [0.25, 0.3) is 0 Å². The first-order valence-electron chi connectivity index (χ1n) is 8.75. The molecule has 1 saturated heterocycles. The SMILES string of the molecule is Cc1cccc(N2CCN(CCC(=O)N(C)CC(C)(C)O)CC2)c1. The molecule has 1 amide bonds. The zero-order valence-corrected chi connectivity index (χ0v) is 15.5. The molecule has 2 rings (SSSR count). The second kappa shape index (κ2) is 7.99. The van der Waals surface area contributed by atoms with Gasteiger partial charge in [0, 0.05) is 58.4 Å². The zero-order valence-electron chi connectivity index (χ0n) is 15.5. The van der Waals surface area contributed by atoms with Crippen molar-refractivity contribution in [2.75, 3.05) is 51.2 Å². The Morgan fingerprint density at radius 3 is 2.50 bits per heavy atom. The molecule has 0 saturated carbocycles. The van der Waals surface area contributed by atoms with Gasteiger partial charge in [0.15, 0.2) is 0 Å². The number of aliphatic hydroxyl groups is 1. The summed E-state index contributed by atoms with van der Waals surface area (Å²) in [5, 5.41) is 9.80. The Kier molecular flexibility index (Phi) is 6.24. The molecule has 0 atom stereocenters. The standard InChI is InChI=1S/C19H31N3O2/c1-16-6-5-7-17(14-16)22-12-10-21(11-13-22)9-8-18(23)20(4)15-19(2,3)24/h5-7,14,24H,8-13,15H2,1-4H3. The van der Waals surface area contributed by atoms with Gasteiger partial charge >= 0.3 is 0 Å². The number of piperazine rings is 1. The predicted octanol–water partition coefficient (Wildman–Crippen LogP) is 1.74. The van der Waals surface area contributed by atoms with Gasteiger partial charge in [-0.1, -0.05) is 12.1 Å². The molecular formula is C19H31N3O2. The summed E-state index contributed by atoms with van der Waals surface area (Å²) in [7, 11) is 1.76. The fraction of sp³-hybridized carbons (Fsp3) is 0.632. The third-order valence-electron chi connectivity index (χ3n) is 4.43. The third-order valence-corrected chi connectivity index (χ3v) is 4.43. The summed E-state index contributed by atoms with van der Waals surface area (Å²) in [6, 6.07) is 8.62. The van der Waals surface area contributed by atoms with Crippen LogP contribution in [0.2, 0.25) is 0 Å². The Bertz CT molecular complexity index is 546. The minimum atomic E-state index is -0.843. The van der Waals surface area contributed by atoms with Gasteiger partial charge in [-0.2, -0.15) is 0 Å². The lowest BCUT2D eigenvalue weighted by molar-refractivity contribution is -0.132. The van der Waals surface area contributed by atoms with Crippen LogP contribution in [0.4, 0.5) is 5.69 Å². The Morgan fingerprint density at radius 2 is 1.92 bits per heavy atom. The lowest BCUT2D eigenvalue weighted by atomic mass is 10.1. The molecule has 5 heteroatoms. The molecule has 0 aromatic heterocycles. The van der Waals surface area contributed by atoms with Crippen molar-refractivity contribution in [3.05, 3.63) is 29.8 Å². The molecular weight excluding hydrogens is 302 g/mol. The molecule has 0 radical (unpaired) electrons. The molecule has 134 valence electrons. The monoisotopic (exact) mass is 333 g/mol. The maximum Gasteiger partial charge on any atom is 0.223 e. The van der Waals surface area contributed by atoms with Crippen molar-refractivity contribution in [1.29, 1.82) is 0 Å². The van der Waals surface area contributed by atoms with Crippen LogP contribution >= 0.6 is 0 Å². The van der Waals surface area contributed by atoms with Crippen molar-refractivity contribution in [2.45, 2.75) is 32.8 Å². The third kappa shape index (κ3) is 5.80. The van der Waals surface area contributed by atoms with Crippen LogP contribution < -0.4 is 4.90 Å². The number of aryl methyl sites for hydroxylation is 1. The fourth-order valence-electron chi connectivity index (χ4n) is 3.17. The van der Waals surface area contributed by atoms with Gasteiger partial charge in [-0.05, 0) is 38.5 Å². The van der Waals surface area contributed by atoms with Gasteiger partial charge in [-0.3, -0.25) is 9.69 Å². The number of hydrogen-bond acceptors (Lipinski definition) is 4. The first kappa shape index (κ1) is 18.7. The summed E-state index contributed by atoms with van der Waals surface area (Å²) in [4.78, 5) is 18.6. The van der Waals surface area contributed by atoms with Gasteiger partial charge < -0.3 is 14.9 Å². The normalized spacial score (nSPS) is 16.3. The van der Waals surface area contributed by atoms with Crippen LogP contribution in [-0.4, -0.2) is 72.7 Å². The van der Waals surface area contributed by atoms with Crippen LogP contribution in [0.5, 0.6) is 0 Å². The molecule has 0 aliphatic carbocycles. The van der Waals surface area contributed by atoms with Gasteiger partial charge in [-0.25, -0.2) is 0 Å². The molecule has 1 heterocycles. The van der Waals surface area contributed by atoms with Crippen LogP contribution in [0.3, 0.4) is 0 Å². The number of benzene rings is 1. The van der Waals surface area contributed by atoms with Crippen molar-refractivity contribution < 1.29 is 9.90 Å². The highest BCUT2D eigenvalue weighted by molar-refractivity contribution is 5.76. The van der Waals surface area contributed by atoms with Crippen molar-refractivity contribution >= 4 is 11.6 Å². The number of likely N-dealkylation sites (N-methyl/N-ethyl adjacent to an activating group) is 1. The van der Waals surface area contributed by atoms with E-state index in [0.717, 1.165) is 32.7 Å². The van der Waals surface area contributed by atoms with E-state index in [-0.39, 0.29) is 5.91 Å². The van der Waals surface area contributed by atoms with Crippen molar-refractivity contribution in [1.82, 2.24) is 9.80 Å². The molecule has 0 bridgehead atoms. The Balaban J connectivity index is 1.74. The first-order chi connectivity index (χ1) is 11.2. The van der Waals surface area contributed by atoms with E-state index >= 15 is 0 Å². The van der Waals surface area contributed by atoms with Gasteiger partial charge in [-0.15, -0.1) is 0 Å². The Hall–Kier alpha value is -1.59. The fourth-order valence-corrected chi connectivity index (χ4v) is 3.17. The summed E-state index contributed by atoms with van der Waals surface area (Å²) in [5.74, 6) is 0.0956. The number of nitrogens with zero attached hydrogens (tertiary/aromatic N) is 3. The molecule has 1 fully saturated rings. The number of carbonyl (C=O) groups is 1. The Labute approximate surface area is 145 Å². The topological polar surface area (TPSA) is 47.0 Å². The maximum absolute atomic E-state index is 12.2. The number of amides is 1. The van der Waals surface area contributed by atoms with Crippen LogP contribution in [0.1, 0.15) is 25.8 Å². The molecule has 0 spiro atoms. The molecule has 24 heavy (non-hydrogen) atoms. The van der Waals surface area contributed by atoms with Crippen molar-refractivity contribution in [3.8, 4) is 0 Å². The highest BCUT2D eigenvalue weighted by atomic mass is 16.3. The van der Waals surface area contributed by atoms with E-state index in [1.54, 1.807) is 25.8 Å². The highest BCUT2D eigenvalue weighted by Gasteiger charge is 2.21. The minimum absolute atomic E-state index is 0.0956. The van der Waals surface area contributed by atoms with Crippen LogP contribution in [0.15, 0.2) is 24.3 Å². The number of hydrogen-bond donors (Lipinski definition) is 1. The predicted molar refractivity (Wildman–Crippen MR) is 98.4 cm³/mol. The summed E-state index contributed by atoms with van der Waals surface area (Å²) < 4.78 is 0. The van der Waals surface area contributed by atoms with Crippen molar-refractivity contribution in [3.63, 3.8) is 0 Å². The lowest BCUT2D eigenvalue weighted by Crippen LogP contribution is -2.47. The van der Waals surface area contributed by atoms with E-state index in [4.69, 9.17) is 0 Å². The summed E-state index contributed by atoms with van der Waals surface area (Å²) >= 11 is 0. The molecule has 1 aliphatic rings. The molecule has 1 aliphatic heterocycles. The van der Waals surface area contributed by atoms with Gasteiger partial charge in [0.05, 0.1) is 5.60 Å². The van der Waals surface area contributed by atoms with E-state index in [9.17, 15) is 9.90 Å². The second-order valence-corrected chi connectivity index (χ2v) is 7.48. The summed E-state index contributed by atoms with van der Waals surface area (Å²) in [5.41, 5.74) is 1.73. The lowest BCUT2D eigenvalue weighted by Gasteiger charge is -2.36. The minimum Gasteiger partial charge on any atom is -0.389 e. The zero-order chi connectivity index (χ0) is 17.7. The van der Waals surface area contributed by atoms with Gasteiger partial charge in [0.2, 0.25) is 5.91 Å². The number of rotatable bonds is 6. The average molecular weight is 333 g/mol. The van der Waals surface area contributed by atoms with Crippen molar-refractivity contribution in [2.24, 2.45) is 0 Å². The van der Waals surface area contributed by atoms with Gasteiger partial charge in [0.1, 0.15) is 0 Å². The smallest absolute Gasteiger partial charge is 0.223 e. The number of carbonyl (C=O) groups excluding carboxylic acids is 1. The van der Waals surface area contributed by atoms with E-state index < -0.39 is 5.60 Å². The summed E-state index contributed by atoms with van der Waals surface area (Å²) in [6.45, 7) is 10.7. The van der Waals surface area contributed by atoms with Gasteiger partial charge in [0.25, 0.3) is 0 Å². The van der Waals surface area contributed by atoms with E-state index in [2.05, 4.69) is 41.0 Å². The molecule has 1 aromatic carbocycles. The van der Waals surface area contributed by atoms with E-state index in [1.807, 2.05) is 0 Å². The highest BCUT2D eigenvalue weighted by Crippen LogP contribution is 2.18. The van der Waals surface area contributed by atoms with E-state index in [1.165, 1.54) is 11.3 Å². The summed E-state index contributed by atoms with van der Waals surface area (Å²) in [6.07, 6.45) is 0.511. The maximum atomic E-state index is 12.2. The first-order valence-corrected chi connectivity index (χ1v) is 8.75. The molecule has 5 nitrogen and oxygen atoms in total.